The van der Waals surface area contributed by atoms with E-state index in [0.29, 0.717) is 0 Å². The van der Waals surface area contributed by atoms with E-state index in [9.17, 15) is 15.0 Å². The lowest BCUT2D eigenvalue weighted by Gasteiger charge is -2.22. The van der Waals surface area contributed by atoms with Crippen molar-refractivity contribution in [1.29, 1.82) is 0 Å². The van der Waals surface area contributed by atoms with Crippen molar-refractivity contribution < 1.29 is 19.7 Å². The van der Waals surface area contributed by atoms with Gasteiger partial charge in [0.15, 0.2) is 0 Å². The number of methoxy groups -OCH3 is 1. The molecule has 0 saturated carbocycles. The van der Waals surface area contributed by atoms with Crippen LogP contribution in [0.25, 0.3) is 0 Å². The Morgan fingerprint density at radius 2 is 2.31 bits per heavy atom. The Balaban J connectivity index is 2.91. The minimum Gasteiger partial charge on any atom is -0.511 e. The van der Waals surface area contributed by atoms with Gasteiger partial charge in [-0.15, -0.1) is 0 Å². The van der Waals surface area contributed by atoms with E-state index < -0.39 is 11.6 Å². The third-order valence-electron chi connectivity index (χ3n) is 1.85. The van der Waals surface area contributed by atoms with E-state index in [1.165, 1.54) is 19.3 Å². The first kappa shape index (κ1) is 9.80. The van der Waals surface area contributed by atoms with Gasteiger partial charge in [-0.05, 0) is 13.0 Å². The third kappa shape index (κ3) is 2.09. The molecule has 4 heteroatoms. The quantitative estimate of drug-likeness (QED) is 0.588. The second kappa shape index (κ2) is 3.22. The van der Waals surface area contributed by atoms with Crippen molar-refractivity contribution in [3.8, 4) is 0 Å². The summed E-state index contributed by atoms with van der Waals surface area (Å²) < 4.78 is 4.44. The van der Waals surface area contributed by atoms with Gasteiger partial charge in [0.2, 0.25) is 0 Å². The molecule has 0 bridgehead atoms. The monoisotopic (exact) mass is 184 g/mol. The molecule has 1 atom stereocenters. The summed E-state index contributed by atoms with van der Waals surface area (Å²) in [5.74, 6) is -0.733. The van der Waals surface area contributed by atoms with Crippen LogP contribution < -0.4 is 0 Å². The van der Waals surface area contributed by atoms with Crippen LogP contribution in [0.3, 0.4) is 0 Å². The van der Waals surface area contributed by atoms with E-state index in [1.807, 2.05) is 0 Å². The summed E-state index contributed by atoms with van der Waals surface area (Å²) in [5.41, 5.74) is -0.976. The van der Waals surface area contributed by atoms with Crippen molar-refractivity contribution in [1.82, 2.24) is 0 Å². The molecular formula is C9H12O4. The molecule has 0 saturated heterocycles. The van der Waals surface area contributed by atoms with Gasteiger partial charge in [0.05, 0.1) is 18.3 Å². The molecular weight excluding hydrogens is 172 g/mol. The number of rotatable bonds is 1. The number of aliphatic hydroxyl groups excluding tert-OH is 1. The van der Waals surface area contributed by atoms with E-state index in [1.54, 1.807) is 6.92 Å². The standard InChI is InChI=1S/C9H12O4/c1-9(12)4-3-6(7(10)5-9)8(11)13-2/h3-4,10,12H,5H2,1-2H3. The van der Waals surface area contributed by atoms with Gasteiger partial charge in [0, 0.05) is 6.42 Å². The van der Waals surface area contributed by atoms with Crippen molar-refractivity contribution >= 4 is 5.97 Å². The molecule has 0 aromatic carbocycles. The lowest BCUT2D eigenvalue weighted by molar-refractivity contribution is -0.136. The van der Waals surface area contributed by atoms with Gasteiger partial charge in [0.1, 0.15) is 5.76 Å². The first-order chi connectivity index (χ1) is 5.96. The van der Waals surface area contributed by atoms with Crippen LogP contribution >= 0.6 is 0 Å². The number of esters is 1. The fourth-order valence-corrected chi connectivity index (χ4v) is 1.15. The summed E-state index contributed by atoms with van der Waals surface area (Å²) >= 11 is 0. The van der Waals surface area contributed by atoms with Crippen molar-refractivity contribution in [2.45, 2.75) is 18.9 Å². The number of hydrogen-bond donors (Lipinski definition) is 2. The Kier molecular flexibility index (Phi) is 2.43. The second-order valence-electron chi connectivity index (χ2n) is 3.22. The second-order valence-corrected chi connectivity index (χ2v) is 3.22. The Bertz CT molecular complexity index is 286. The Morgan fingerprint density at radius 1 is 1.69 bits per heavy atom. The average molecular weight is 184 g/mol. The molecule has 1 rings (SSSR count). The molecule has 0 aromatic heterocycles. The summed E-state index contributed by atoms with van der Waals surface area (Å²) in [4.78, 5) is 11.0. The van der Waals surface area contributed by atoms with Gasteiger partial charge in [-0.2, -0.15) is 0 Å². The van der Waals surface area contributed by atoms with Gasteiger partial charge in [-0.3, -0.25) is 0 Å². The number of hydrogen-bond acceptors (Lipinski definition) is 4. The topological polar surface area (TPSA) is 66.8 Å². The lowest BCUT2D eigenvalue weighted by Crippen LogP contribution is -2.26. The Labute approximate surface area is 76.1 Å². The molecule has 0 spiro atoms. The minimum atomic E-state index is -1.08. The van der Waals surface area contributed by atoms with Crippen LogP contribution in [0.15, 0.2) is 23.5 Å². The van der Waals surface area contributed by atoms with Crippen LogP contribution in [0.5, 0.6) is 0 Å². The summed E-state index contributed by atoms with van der Waals surface area (Å²) in [5, 5.41) is 18.9. The maximum absolute atomic E-state index is 11.0. The van der Waals surface area contributed by atoms with Gasteiger partial charge in [-0.25, -0.2) is 4.79 Å². The fraction of sp³-hybridized carbons (Fsp3) is 0.444. The van der Waals surface area contributed by atoms with Crippen LogP contribution in [0.4, 0.5) is 0 Å². The largest absolute Gasteiger partial charge is 0.511 e. The average Bonchev–Trinajstić information content (AvgIpc) is 2.01. The predicted molar refractivity (Wildman–Crippen MR) is 46.1 cm³/mol. The van der Waals surface area contributed by atoms with E-state index >= 15 is 0 Å². The van der Waals surface area contributed by atoms with E-state index in [-0.39, 0.29) is 17.8 Å². The van der Waals surface area contributed by atoms with Gasteiger partial charge >= 0.3 is 5.97 Å². The summed E-state index contributed by atoms with van der Waals surface area (Å²) in [6.45, 7) is 1.55. The van der Waals surface area contributed by atoms with Crippen molar-refractivity contribution in [3.05, 3.63) is 23.5 Å². The third-order valence-corrected chi connectivity index (χ3v) is 1.85. The van der Waals surface area contributed by atoms with Gasteiger partial charge in [0.25, 0.3) is 0 Å². The van der Waals surface area contributed by atoms with Crippen LogP contribution in [0.2, 0.25) is 0 Å². The van der Waals surface area contributed by atoms with Crippen LogP contribution in [0.1, 0.15) is 13.3 Å². The molecule has 2 N–H and O–H groups in total. The molecule has 0 aliphatic heterocycles. The Hall–Kier alpha value is -1.29. The molecule has 0 fully saturated rings. The number of aliphatic hydroxyl groups is 2. The smallest absolute Gasteiger partial charge is 0.341 e. The number of carbonyl (C=O) groups is 1. The highest BCUT2D eigenvalue weighted by atomic mass is 16.5. The molecule has 0 radical (unpaired) electrons. The molecule has 13 heavy (non-hydrogen) atoms. The summed E-state index contributed by atoms with van der Waals surface area (Å²) in [6.07, 6.45) is 2.86. The van der Waals surface area contributed by atoms with Crippen molar-refractivity contribution in [3.63, 3.8) is 0 Å². The van der Waals surface area contributed by atoms with E-state index in [0.717, 1.165) is 0 Å². The van der Waals surface area contributed by atoms with Crippen LogP contribution in [-0.4, -0.2) is 28.9 Å². The summed E-state index contributed by atoms with van der Waals surface area (Å²) in [7, 11) is 1.24. The van der Waals surface area contributed by atoms with Crippen LogP contribution in [0, 0.1) is 0 Å². The van der Waals surface area contributed by atoms with Crippen molar-refractivity contribution in [2.24, 2.45) is 0 Å². The summed E-state index contributed by atoms with van der Waals surface area (Å²) in [6, 6.07) is 0. The van der Waals surface area contributed by atoms with Crippen molar-refractivity contribution in [2.75, 3.05) is 7.11 Å². The zero-order valence-electron chi connectivity index (χ0n) is 7.57. The van der Waals surface area contributed by atoms with E-state index in [4.69, 9.17) is 0 Å². The number of ether oxygens (including phenoxy) is 1. The fourth-order valence-electron chi connectivity index (χ4n) is 1.15. The highest BCUT2D eigenvalue weighted by Crippen LogP contribution is 2.25. The molecule has 72 valence electrons. The molecule has 0 aromatic rings. The molecule has 1 aliphatic carbocycles. The molecule has 0 heterocycles. The first-order valence-electron chi connectivity index (χ1n) is 3.88. The molecule has 1 unspecified atom stereocenters. The first-order valence-corrected chi connectivity index (χ1v) is 3.88. The van der Waals surface area contributed by atoms with E-state index in [2.05, 4.69) is 4.74 Å². The highest BCUT2D eigenvalue weighted by Gasteiger charge is 2.27. The van der Waals surface area contributed by atoms with Gasteiger partial charge in [-0.1, -0.05) is 6.08 Å². The maximum Gasteiger partial charge on any atom is 0.341 e. The highest BCUT2D eigenvalue weighted by molar-refractivity contribution is 5.92. The van der Waals surface area contributed by atoms with Gasteiger partial charge < -0.3 is 14.9 Å². The minimum absolute atomic E-state index is 0.0356. The molecule has 0 amide bonds. The molecule has 1 aliphatic rings. The Morgan fingerprint density at radius 3 is 2.77 bits per heavy atom. The lowest BCUT2D eigenvalue weighted by atomic mass is 9.92. The number of carbonyl (C=O) groups excluding carboxylic acids is 1. The molecule has 4 nitrogen and oxygen atoms in total. The maximum atomic E-state index is 11.0. The van der Waals surface area contributed by atoms with Crippen LogP contribution in [-0.2, 0) is 9.53 Å². The zero-order chi connectivity index (χ0) is 10.1. The normalized spacial score (nSPS) is 27.6. The zero-order valence-corrected chi connectivity index (χ0v) is 7.57. The SMILES string of the molecule is COC(=O)C1=C(O)CC(C)(O)C=C1. The predicted octanol–water partition coefficient (Wildman–Crippen LogP) is 0.682.